The smallest absolute Gasteiger partial charge is 0.234 e. The van der Waals surface area contributed by atoms with Crippen LogP contribution in [0.3, 0.4) is 0 Å². The Morgan fingerprint density at radius 3 is 2.63 bits per heavy atom. The zero-order chi connectivity index (χ0) is 21.5. The van der Waals surface area contributed by atoms with Gasteiger partial charge in [-0.1, -0.05) is 30.0 Å². The molecule has 9 heteroatoms. The molecule has 0 unspecified atom stereocenters. The van der Waals surface area contributed by atoms with Gasteiger partial charge >= 0.3 is 0 Å². The van der Waals surface area contributed by atoms with Crippen molar-refractivity contribution in [1.82, 2.24) is 14.8 Å². The average Bonchev–Trinajstić information content (AvgIpc) is 3.11. The first kappa shape index (κ1) is 21.5. The quantitative estimate of drug-likeness (QED) is 0.522. The number of benzene rings is 2. The van der Waals surface area contributed by atoms with Gasteiger partial charge in [0.05, 0.1) is 25.7 Å². The topological polar surface area (TPSA) is 87.5 Å². The van der Waals surface area contributed by atoms with E-state index < -0.39 is 0 Å². The average molecular weight is 429 g/mol. The van der Waals surface area contributed by atoms with Crippen LogP contribution in [0.2, 0.25) is 0 Å². The van der Waals surface area contributed by atoms with E-state index in [9.17, 15) is 4.79 Å². The first-order valence-corrected chi connectivity index (χ1v) is 10.2. The van der Waals surface area contributed by atoms with Crippen LogP contribution in [0.4, 0.5) is 5.69 Å². The largest absolute Gasteiger partial charge is 0.497 e. The number of rotatable bonds is 9. The van der Waals surface area contributed by atoms with Crippen molar-refractivity contribution in [2.75, 3.05) is 25.3 Å². The molecule has 0 saturated heterocycles. The number of carbonyl (C=O) groups is 1. The zero-order valence-corrected chi connectivity index (χ0v) is 18.2. The van der Waals surface area contributed by atoms with Gasteiger partial charge in [0.1, 0.15) is 23.9 Å². The lowest BCUT2D eigenvalue weighted by molar-refractivity contribution is -0.113. The van der Waals surface area contributed by atoms with Crippen molar-refractivity contribution in [3.8, 4) is 17.2 Å². The molecule has 8 nitrogen and oxygen atoms in total. The fourth-order valence-corrected chi connectivity index (χ4v) is 3.42. The molecule has 0 aliphatic carbocycles. The second kappa shape index (κ2) is 10.0. The van der Waals surface area contributed by atoms with Gasteiger partial charge in [-0.3, -0.25) is 4.79 Å². The first-order valence-electron chi connectivity index (χ1n) is 9.23. The fourth-order valence-electron chi connectivity index (χ4n) is 2.69. The number of para-hydroxylation sites is 1. The number of ether oxygens (including phenoxy) is 3. The molecule has 1 aromatic heterocycles. The van der Waals surface area contributed by atoms with E-state index in [1.54, 1.807) is 32.4 Å². The van der Waals surface area contributed by atoms with Gasteiger partial charge in [-0.15, -0.1) is 10.2 Å². The minimum atomic E-state index is -0.188. The SMILES string of the molecule is COc1ccc(OC)c(NC(=O)CSc2nnc(COc3ccccc3C)n2C)c1. The Kier molecular flexibility index (Phi) is 7.18. The van der Waals surface area contributed by atoms with Gasteiger partial charge in [0.15, 0.2) is 11.0 Å². The maximum Gasteiger partial charge on any atom is 0.234 e. The van der Waals surface area contributed by atoms with Crippen LogP contribution in [0.5, 0.6) is 17.2 Å². The number of thioether (sulfide) groups is 1. The molecule has 0 spiro atoms. The summed E-state index contributed by atoms with van der Waals surface area (Å²) < 4.78 is 18.1. The molecule has 1 N–H and O–H groups in total. The van der Waals surface area contributed by atoms with Crippen molar-refractivity contribution in [2.45, 2.75) is 18.7 Å². The van der Waals surface area contributed by atoms with Crippen molar-refractivity contribution in [2.24, 2.45) is 7.05 Å². The van der Waals surface area contributed by atoms with E-state index >= 15 is 0 Å². The lowest BCUT2D eigenvalue weighted by Crippen LogP contribution is -2.15. The van der Waals surface area contributed by atoms with Crippen LogP contribution < -0.4 is 19.5 Å². The normalized spacial score (nSPS) is 10.5. The molecule has 0 radical (unpaired) electrons. The van der Waals surface area contributed by atoms with Crippen molar-refractivity contribution in [3.63, 3.8) is 0 Å². The third-order valence-corrected chi connectivity index (χ3v) is 5.41. The van der Waals surface area contributed by atoms with Gasteiger partial charge < -0.3 is 24.1 Å². The molecule has 3 aromatic rings. The van der Waals surface area contributed by atoms with Gasteiger partial charge in [0.2, 0.25) is 5.91 Å². The summed E-state index contributed by atoms with van der Waals surface area (Å²) in [6.45, 7) is 2.28. The number of nitrogens with one attached hydrogen (secondary N) is 1. The maximum absolute atomic E-state index is 12.4. The predicted octanol–water partition coefficient (Wildman–Crippen LogP) is 3.45. The first-order chi connectivity index (χ1) is 14.5. The molecule has 0 aliphatic rings. The van der Waals surface area contributed by atoms with Gasteiger partial charge in [-0.05, 0) is 30.7 Å². The number of amides is 1. The molecule has 0 aliphatic heterocycles. The highest BCUT2D eigenvalue weighted by atomic mass is 32.2. The number of aromatic nitrogens is 3. The molecule has 1 amide bonds. The lowest BCUT2D eigenvalue weighted by Gasteiger charge is -2.11. The highest BCUT2D eigenvalue weighted by molar-refractivity contribution is 7.99. The van der Waals surface area contributed by atoms with Gasteiger partial charge in [-0.2, -0.15) is 0 Å². The van der Waals surface area contributed by atoms with E-state index in [4.69, 9.17) is 14.2 Å². The molecule has 2 aromatic carbocycles. The lowest BCUT2D eigenvalue weighted by atomic mass is 10.2. The molecular formula is C21H24N4O4S. The Bertz CT molecular complexity index is 1020. The summed E-state index contributed by atoms with van der Waals surface area (Å²) in [6, 6.07) is 13.0. The van der Waals surface area contributed by atoms with Crippen LogP contribution in [-0.2, 0) is 18.4 Å². The molecule has 0 bridgehead atoms. The Morgan fingerprint density at radius 2 is 1.90 bits per heavy atom. The van der Waals surface area contributed by atoms with Gasteiger partial charge in [0, 0.05) is 13.1 Å². The summed E-state index contributed by atoms with van der Waals surface area (Å²) in [5, 5.41) is 11.8. The monoisotopic (exact) mass is 428 g/mol. The van der Waals surface area contributed by atoms with E-state index in [0.29, 0.717) is 34.8 Å². The number of nitrogens with zero attached hydrogens (tertiary/aromatic N) is 3. The van der Waals surface area contributed by atoms with Crippen molar-refractivity contribution < 1.29 is 19.0 Å². The zero-order valence-electron chi connectivity index (χ0n) is 17.3. The van der Waals surface area contributed by atoms with E-state index in [-0.39, 0.29) is 11.7 Å². The Balaban J connectivity index is 1.57. The molecule has 3 rings (SSSR count). The maximum atomic E-state index is 12.4. The van der Waals surface area contributed by atoms with Crippen LogP contribution in [-0.4, -0.2) is 40.6 Å². The number of hydrogen-bond acceptors (Lipinski definition) is 7. The second-order valence-corrected chi connectivity index (χ2v) is 7.36. The minimum absolute atomic E-state index is 0.172. The molecule has 0 atom stereocenters. The minimum Gasteiger partial charge on any atom is -0.497 e. The summed E-state index contributed by atoms with van der Waals surface area (Å²) >= 11 is 1.29. The summed E-state index contributed by atoms with van der Waals surface area (Å²) in [5.41, 5.74) is 1.60. The molecule has 0 fully saturated rings. The number of methoxy groups -OCH3 is 2. The fraction of sp³-hybridized carbons (Fsp3) is 0.286. The number of aryl methyl sites for hydroxylation is 1. The number of anilines is 1. The molecule has 0 saturated carbocycles. The molecule has 158 valence electrons. The van der Waals surface area contributed by atoms with E-state index in [0.717, 1.165) is 11.3 Å². The van der Waals surface area contributed by atoms with Crippen molar-refractivity contribution >= 4 is 23.4 Å². The van der Waals surface area contributed by atoms with Crippen molar-refractivity contribution in [1.29, 1.82) is 0 Å². The van der Waals surface area contributed by atoms with Crippen LogP contribution in [0, 0.1) is 6.92 Å². The third-order valence-electron chi connectivity index (χ3n) is 4.39. The van der Waals surface area contributed by atoms with Gasteiger partial charge in [-0.25, -0.2) is 0 Å². The summed E-state index contributed by atoms with van der Waals surface area (Å²) in [6.07, 6.45) is 0. The molecule has 30 heavy (non-hydrogen) atoms. The Morgan fingerprint density at radius 1 is 1.10 bits per heavy atom. The molecular weight excluding hydrogens is 404 g/mol. The van der Waals surface area contributed by atoms with E-state index in [1.165, 1.54) is 11.8 Å². The highest BCUT2D eigenvalue weighted by Crippen LogP contribution is 2.29. The van der Waals surface area contributed by atoms with Crippen LogP contribution in [0.1, 0.15) is 11.4 Å². The summed E-state index contributed by atoms with van der Waals surface area (Å²) in [5.74, 6) is 2.66. The standard InChI is InChI=1S/C21H24N4O4S/c1-14-7-5-6-8-17(14)29-12-19-23-24-21(25(19)2)30-13-20(26)22-16-11-15(27-3)9-10-18(16)28-4/h5-11H,12-13H2,1-4H3,(H,22,26). The van der Waals surface area contributed by atoms with Crippen molar-refractivity contribution in [3.05, 3.63) is 53.9 Å². The number of carbonyl (C=O) groups excluding carboxylic acids is 1. The second-order valence-electron chi connectivity index (χ2n) is 6.42. The Labute approximate surface area is 179 Å². The molecule has 1 heterocycles. The van der Waals surface area contributed by atoms with Crippen LogP contribution >= 0.6 is 11.8 Å². The summed E-state index contributed by atoms with van der Waals surface area (Å²) in [7, 11) is 4.96. The van der Waals surface area contributed by atoms with Crippen LogP contribution in [0.25, 0.3) is 0 Å². The number of hydrogen-bond donors (Lipinski definition) is 1. The Hall–Kier alpha value is -3.20. The van der Waals surface area contributed by atoms with Crippen LogP contribution in [0.15, 0.2) is 47.6 Å². The predicted molar refractivity (Wildman–Crippen MR) is 115 cm³/mol. The third kappa shape index (κ3) is 5.24. The highest BCUT2D eigenvalue weighted by Gasteiger charge is 2.14. The summed E-state index contributed by atoms with van der Waals surface area (Å²) in [4.78, 5) is 12.4. The van der Waals surface area contributed by atoms with E-state index in [2.05, 4.69) is 15.5 Å². The van der Waals surface area contributed by atoms with E-state index in [1.807, 2.05) is 42.8 Å². The van der Waals surface area contributed by atoms with Gasteiger partial charge in [0.25, 0.3) is 0 Å².